The first-order valence-electron chi connectivity index (χ1n) is 12.7. The van der Waals surface area contributed by atoms with E-state index in [1.165, 1.54) is 34.1 Å². The molecule has 40 heavy (non-hydrogen) atoms. The van der Waals surface area contributed by atoms with Gasteiger partial charge in [0.15, 0.2) is 0 Å². The van der Waals surface area contributed by atoms with E-state index in [9.17, 15) is 32.9 Å². The lowest BCUT2D eigenvalue weighted by molar-refractivity contribution is -0.385. The highest BCUT2D eigenvalue weighted by Gasteiger charge is 2.40. The number of hydrogen-bond acceptors (Lipinski definition) is 9. The molecule has 3 aromatic rings. The molecule has 1 aromatic heterocycles. The fraction of sp³-hybridized carbons (Fsp3) is 0.296. The minimum Gasteiger partial charge on any atom is -0.422 e. The highest BCUT2D eigenvalue weighted by atomic mass is 32.2. The summed E-state index contributed by atoms with van der Waals surface area (Å²) in [5, 5.41) is 11.9. The third-order valence-corrected chi connectivity index (χ3v) is 9.04. The number of piperazine rings is 1. The second-order valence-corrected chi connectivity index (χ2v) is 11.3. The highest BCUT2D eigenvalue weighted by molar-refractivity contribution is 7.96. The molecule has 2 amide bonds. The van der Waals surface area contributed by atoms with Crippen LogP contribution in [0.4, 0.5) is 11.4 Å². The van der Waals surface area contributed by atoms with Gasteiger partial charge in [0.1, 0.15) is 16.1 Å². The third-order valence-electron chi connectivity index (χ3n) is 7.24. The van der Waals surface area contributed by atoms with Crippen molar-refractivity contribution in [2.24, 2.45) is 0 Å². The molecule has 2 aliphatic rings. The van der Waals surface area contributed by atoms with E-state index in [0.717, 1.165) is 24.9 Å². The van der Waals surface area contributed by atoms with E-state index in [4.69, 9.17) is 4.42 Å². The van der Waals surface area contributed by atoms with E-state index in [1.807, 2.05) is 19.9 Å². The fourth-order valence-electron chi connectivity index (χ4n) is 5.05. The lowest BCUT2D eigenvalue weighted by Gasteiger charge is -2.34. The number of amides is 2. The van der Waals surface area contributed by atoms with Gasteiger partial charge in [0.2, 0.25) is 9.84 Å². The SMILES string of the molecule is CCN(CC)c1ccc2cc(C(=O)N3CCN(C(=O)C4=Cc5c([N+](=O)[O-])cccc5S4(=O)=O)CC3)c(=O)oc2c1. The molecule has 0 bridgehead atoms. The molecule has 1 fully saturated rings. The molecular formula is C27H26N4O8S. The molecule has 0 aliphatic carbocycles. The summed E-state index contributed by atoms with van der Waals surface area (Å²) in [5.41, 5.74) is -0.165. The Morgan fingerprint density at radius 2 is 1.65 bits per heavy atom. The number of nitro benzene ring substituents is 1. The molecule has 0 unspecified atom stereocenters. The Balaban J connectivity index is 1.32. The quantitative estimate of drug-likeness (QED) is 0.249. The van der Waals surface area contributed by atoms with Gasteiger partial charge in [-0.05, 0) is 44.2 Å². The van der Waals surface area contributed by atoms with Crippen molar-refractivity contribution < 1.29 is 27.3 Å². The van der Waals surface area contributed by atoms with Crippen molar-refractivity contribution in [3.05, 3.63) is 79.0 Å². The van der Waals surface area contributed by atoms with Gasteiger partial charge < -0.3 is 19.1 Å². The molecule has 0 N–H and O–H groups in total. The number of hydrogen-bond donors (Lipinski definition) is 0. The predicted octanol–water partition coefficient (Wildman–Crippen LogP) is 2.66. The molecule has 2 aromatic carbocycles. The maximum Gasteiger partial charge on any atom is 0.349 e. The Labute approximate surface area is 229 Å². The van der Waals surface area contributed by atoms with E-state index < -0.39 is 42.8 Å². The van der Waals surface area contributed by atoms with E-state index in [1.54, 1.807) is 12.1 Å². The molecule has 2 aliphatic heterocycles. The number of nitrogens with zero attached hydrogens (tertiary/aromatic N) is 4. The highest BCUT2D eigenvalue weighted by Crippen LogP contribution is 2.38. The number of benzene rings is 2. The summed E-state index contributed by atoms with van der Waals surface area (Å²) in [6.07, 6.45) is 1.04. The number of carbonyl (C=O) groups excluding carboxylic acids is 2. The van der Waals surface area contributed by atoms with Crippen LogP contribution >= 0.6 is 0 Å². The van der Waals surface area contributed by atoms with Crippen molar-refractivity contribution in [3.8, 4) is 0 Å². The second-order valence-electron chi connectivity index (χ2n) is 9.38. The standard InChI is InChI=1S/C27H26N4O8S/c1-3-28(4-2)18-9-8-17-14-20(27(34)39-22(17)15-18)25(32)29-10-12-30(13-11-29)26(33)24-16-19-21(31(35)36)6-5-7-23(19)40(24,37)38/h5-9,14-16H,3-4,10-13H2,1-2H3. The van der Waals surface area contributed by atoms with Crippen molar-refractivity contribution in [2.45, 2.75) is 18.7 Å². The van der Waals surface area contributed by atoms with Gasteiger partial charge >= 0.3 is 5.63 Å². The van der Waals surface area contributed by atoms with Crippen molar-refractivity contribution in [1.29, 1.82) is 0 Å². The zero-order chi connectivity index (χ0) is 28.8. The van der Waals surface area contributed by atoms with E-state index in [-0.39, 0.29) is 42.2 Å². The smallest absolute Gasteiger partial charge is 0.349 e. The van der Waals surface area contributed by atoms with Crippen LogP contribution in [0.5, 0.6) is 0 Å². The molecule has 12 nitrogen and oxygen atoms in total. The second kappa shape index (κ2) is 10.2. The van der Waals surface area contributed by atoms with Crippen LogP contribution in [0, 0.1) is 10.1 Å². The van der Waals surface area contributed by atoms with Gasteiger partial charge in [0, 0.05) is 62.5 Å². The van der Waals surface area contributed by atoms with Crippen LogP contribution in [0.1, 0.15) is 29.8 Å². The third kappa shape index (κ3) is 4.51. The summed E-state index contributed by atoms with van der Waals surface area (Å²) in [4.78, 5) is 53.7. The summed E-state index contributed by atoms with van der Waals surface area (Å²) in [7, 11) is -4.23. The van der Waals surface area contributed by atoms with Gasteiger partial charge in [-0.2, -0.15) is 0 Å². The van der Waals surface area contributed by atoms with Gasteiger partial charge in [0.25, 0.3) is 17.5 Å². The van der Waals surface area contributed by atoms with Crippen LogP contribution in [-0.4, -0.2) is 74.2 Å². The molecule has 208 valence electrons. The Morgan fingerprint density at radius 1 is 1.00 bits per heavy atom. The predicted molar refractivity (Wildman–Crippen MR) is 147 cm³/mol. The Morgan fingerprint density at radius 3 is 2.27 bits per heavy atom. The Kier molecular flexibility index (Phi) is 6.92. The number of fused-ring (bicyclic) bond motifs is 2. The molecule has 0 spiro atoms. The fourth-order valence-corrected chi connectivity index (χ4v) is 6.63. The number of sulfone groups is 1. The molecule has 0 atom stereocenters. The van der Waals surface area contributed by atoms with Gasteiger partial charge in [0.05, 0.1) is 15.4 Å². The van der Waals surface area contributed by atoms with Crippen LogP contribution < -0.4 is 10.5 Å². The van der Waals surface area contributed by atoms with Crippen molar-refractivity contribution in [1.82, 2.24) is 9.80 Å². The first kappa shape index (κ1) is 27.1. The Hall–Kier alpha value is -4.52. The Bertz CT molecular complexity index is 1750. The average molecular weight is 567 g/mol. The summed E-state index contributed by atoms with van der Waals surface area (Å²) >= 11 is 0. The van der Waals surface area contributed by atoms with E-state index in [0.29, 0.717) is 11.0 Å². The molecule has 5 rings (SSSR count). The first-order chi connectivity index (χ1) is 19.1. The van der Waals surface area contributed by atoms with E-state index >= 15 is 0 Å². The maximum atomic E-state index is 13.2. The molecule has 0 saturated carbocycles. The van der Waals surface area contributed by atoms with Gasteiger partial charge in [-0.3, -0.25) is 19.7 Å². The maximum absolute atomic E-state index is 13.2. The van der Waals surface area contributed by atoms with Gasteiger partial charge in [-0.15, -0.1) is 0 Å². The molecule has 1 saturated heterocycles. The zero-order valence-corrected chi connectivity index (χ0v) is 22.6. The molecule has 0 radical (unpaired) electrons. The van der Waals surface area contributed by atoms with Crippen molar-refractivity contribution in [2.75, 3.05) is 44.2 Å². The van der Waals surface area contributed by atoms with Crippen LogP contribution in [0.3, 0.4) is 0 Å². The minimum absolute atomic E-state index is 0.0159. The molecule has 3 heterocycles. The van der Waals surface area contributed by atoms with E-state index in [2.05, 4.69) is 4.90 Å². The largest absolute Gasteiger partial charge is 0.422 e. The normalized spacial score (nSPS) is 16.0. The van der Waals surface area contributed by atoms with Crippen LogP contribution in [-0.2, 0) is 14.6 Å². The minimum atomic E-state index is -4.23. The summed E-state index contributed by atoms with van der Waals surface area (Å²) in [6.45, 7) is 5.76. The molecular weight excluding hydrogens is 540 g/mol. The van der Waals surface area contributed by atoms with Gasteiger partial charge in [-0.25, -0.2) is 13.2 Å². The van der Waals surface area contributed by atoms with Crippen LogP contribution in [0.25, 0.3) is 17.0 Å². The average Bonchev–Trinajstić information content (AvgIpc) is 3.22. The van der Waals surface area contributed by atoms with Crippen molar-refractivity contribution >= 4 is 50.1 Å². The zero-order valence-electron chi connectivity index (χ0n) is 21.8. The lowest BCUT2D eigenvalue weighted by atomic mass is 10.1. The molecule has 13 heteroatoms. The number of nitro groups is 1. The summed E-state index contributed by atoms with van der Waals surface area (Å²) in [6, 6.07) is 10.6. The first-order valence-corrected chi connectivity index (χ1v) is 14.2. The topological polar surface area (TPSA) is 151 Å². The monoisotopic (exact) mass is 566 g/mol. The number of anilines is 1. The summed E-state index contributed by atoms with van der Waals surface area (Å²) in [5.74, 6) is -1.35. The van der Waals surface area contributed by atoms with Crippen LogP contribution in [0.15, 0.2) is 61.5 Å². The van der Waals surface area contributed by atoms with Crippen molar-refractivity contribution in [3.63, 3.8) is 0 Å². The summed E-state index contributed by atoms with van der Waals surface area (Å²) < 4.78 is 31.4. The van der Waals surface area contributed by atoms with Gasteiger partial charge in [-0.1, -0.05) is 6.07 Å². The number of carbonyl (C=O) groups is 2. The lowest BCUT2D eigenvalue weighted by Crippen LogP contribution is -2.51. The van der Waals surface area contributed by atoms with Crippen LogP contribution in [0.2, 0.25) is 0 Å². The number of rotatable bonds is 6.